The first-order chi connectivity index (χ1) is 12.9. The van der Waals surface area contributed by atoms with Crippen molar-refractivity contribution in [3.63, 3.8) is 0 Å². The van der Waals surface area contributed by atoms with Crippen LogP contribution in [0, 0.1) is 0 Å². The molecule has 0 saturated carbocycles. The van der Waals surface area contributed by atoms with Gasteiger partial charge in [0.25, 0.3) is 5.91 Å². The molecule has 1 aromatic heterocycles. The summed E-state index contributed by atoms with van der Waals surface area (Å²) in [4.78, 5) is 30.5. The first-order valence-electron chi connectivity index (χ1n) is 8.90. The summed E-state index contributed by atoms with van der Waals surface area (Å²) in [5.74, 6) is 0.302. The van der Waals surface area contributed by atoms with Gasteiger partial charge in [-0.15, -0.1) is 0 Å². The molecule has 3 rings (SSSR count). The van der Waals surface area contributed by atoms with E-state index in [0.29, 0.717) is 23.0 Å². The molecule has 0 fully saturated rings. The Labute approximate surface area is 163 Å². The number of nitrogens with zero attached hydrogens (tertiary/aromatic N) is 3. The SMILES string of the molecule is CC1(C)Oc2ccc(Cl)cc2N(CCC(=O)NCCCn2ccnc2)C1=O. The van der Waals surface area contributed by atoms with E-state index < -0.39 is 5.60 Å². The number of halogens is 1. The molecule has 144 valence electrons. The minimum Gasteiger partial charge on any atom is -0.476 e. The quantitative estimate of drug-likeness (QED) is 0.737. The van der Waals surface area contributed by atoms with Gasteiger partial charge >= 0.3 is 0 Å². The van der Waals surface area contributed by atoms with Crippen molar-refractivity contribution in [3.8, 4) is 5.75 Å². The average molecular weight is 391 g/mol. The van der Waals surface area contributed by atoms with Gasteiger partial charge in [-0.05, 0) is 38.5 Å². The van der Waals surface area contributed by atoms with Gasteiger partial charge in [0.2, 0.25) is 5.91 Å². The molecule has 0 radical (unpaired) electrons. The van der Waals surface area contributed by atoms with E-state index >= 15 is 0 Å². The van der Waals surface area contributed by atoms with Gasteiger partial charge in [-0.2, -0.15) is 0 Å². The number of fused-ring (bicyclic) bond motifs is 1. The molecule has 1 aliphatic rings. The molecule has 7 nitrogen and oxygen atoms in total. The van der Waals surface area contributed by atoms with E-state index in [9.17, 15) is 9.59 Å². The number of carbonyl (C=O) groups excluding carboxylic acids is 2. The van der Waals surface area contributed by atoms with Crippen LogP contribution >= 0.6 is 11.6 Å². The molecule has 1 N–H and O–H groups in total. The second-order valence-corrected chi connectivity index (χ2v) is 7.37. The Balaban J connectivity index is 1.55. The normalized spacial score (nSPS) is 15.2. The Bertz CT molecular complexity index is 820. The van der Waals surface area contributed by atoms with Crippen molar-refractivity contribution in [2.24, 2.45) is 0 Å². The second kappa shape index (κ2) is 8.00. The Kier molecular flexibility index (Phi) is 5.70. The Morgan fingerprint density at radius 2 is 2.15 bits per heavy atom. The van der Waals surface area contributed by atoms with Crippen LogP contribution in [0.15, 0.2) is 36.9 Å². The zero-order valence-electron chi connectivity index (χ0n) is 15.4. The van der Waals surface area contributed by atoms with Crippen molar-refractivity contribution >= 4 is 29.1 Å². The zero-order valence-corrected chi connectivity index (χ0v) is 16.2. The summed E-state index contributed by atoms with van der Waals surface area (Å²) in [5.41, 5.74) is -0.387. The third-order valence-electron chi connectivity index (χ3n) is 4.37. The third kappa shape index (κ3) is 4.60. The standard InChI is InChI=1S/C19H23ClN4O3/c1-19(2)18(26)24(15-12-14(20)4-5-16(15)27-19)10-6-17(25)22-7-3-9-23-11-8-21-13-23/h4-5,8,11-13H,3,6-7,9-10H2,1-2H3,(H,22,25). The number of anilines is 1. The third-order valence-corrected chi connectivity index (χ3v) is 4.61. The lowest BCUT2D eigenvalue weighted by atomic mass is 10.0. The lowest BCUT2D eigenvalue weighted by Gasteiger charge is -2.38. The number of imidazole rings is 1. The summed E-state index contributed by atoms with van der Waals surface area (Å²) < 4.78 is 7.74. The van der Waals surface area contributed by atoms with E-state index in [1.165, 1.54) is 0 Å². The summed E-state index contributed by atoms with van der Waals surface area (Å²) >= 11 is 6.07. The zero-order chi connectivity index (χ0) is 19.4. The van der Waals surface area contributed by atoms with E-state index in [2.05, 4.69) is 10.3 Å². The fraction of sp³-hybridized carbons (Fsp3) is 0.421. The van der Waals surface area contributed by atoms with Crippen LogP contribution < -0.4 is 15.0 Å². The molecule has 0 atom stereocenters. The molecule has 1 aromatic carbocycles. The van der Waals surface area contributed by atoms with Crippen molar-refractivity contribution < 1.29 is 14.3 Å². The summed E-state index contributed by atoms with van der Waals surface area (Å²) in [6, 6.07) is 5.15. The van der Waals surface area contributed by atoms with Crippen molar-refractivity contribution in [2.75, 3.05) is 18.0 Å². The molecule has 1 aliphatic heterocycles. The highest BCUT2D eigenvalue weighted by Crippen LogP contribution is 2.39. The predicted molar refractivity (Wildman–Crippen MR) is 103 cm³/mol. The van der Waals surface area contributed by atoms with Gasteiger partial charge in [0.1, 0.15) is 5.75 Å². The number of rotatable bonds is 7. The maximum absolute atomic E-state index is 12.7. The summed E-state index contributed by atoms with van der Waals surface area (Å²) in [6.45, 7) is 5.07. The van der Waals surface area contributed by atoms with Crippen molar-refractivity contribution in [1.82, 2.24) is 14.9 Å². The molecule has 27 heavy (non-hydrogen) atoms. The number of amides is 2. The molecular weight excluding hydrogens is 368 g/mol. The van der Waals surface area contributed by atoms with Crippen LogP contribution in [0.4, 0.5) is 5.69 Å². The summed E-state index contributed by atoms with van der Waals surface area (Å²) in [5, 5.41) is 3.40. The molecule has 0 aliphatic carbocycles. The molecular formula is C19H23ClN4O3. The molecule has 0 unspecified atom stereocenters. The summed E-state index contributed by atoms with van der Waals surface area (Å²) in [6.07, 6.45) is 6.37. The first kappa shape index (κ1) is 19.2. The Hall–Kier alpha value is -2.54. The van der Waals surface area contributed by atoms with Crippen LogP contribution in [0.3, 0.4) is 0 Å². The van der Waals surface area contributed by atoms with E-state index in [1.54, 1.807) is 49.5 Å². The Morgan fingerprint density at radius 3 is 2.89 bits per heavy atom. The topological polar surface area (TPSA) is 76.5 Å². The van der Waals surface area contributed by atoms with Gasteiger partial charge in [-0.25, -0.2) is 4.98 Å². The highest BCUT2D eigenvalue weighted by molar-refractivity contribution is 6.31. The molecule has 2 heterocycles. The van der Waals surface area contributed by atoms with E-state index in [-0.39, 0.29) is 24.8 Å². The van der Waals surface area contributed by atoms with Crippen molar-refractivity contribution in [2.45, 2.75) is 38.8 Å². The largest absolute Gasteiger partial charge is 0.476 e. The monoisotopic (exact) mass is 390 g/mol. The lowest BCUT2D eigenvalue weighted by molar-refractivity contribution is -0.132. The van der Waals surface area contributed by atoms with Gasteiger partial charge in [0.15, 0.2) is 5.60 Å². The number of aryl methyl sites for hydroxylation is 1. The number of hydrogen-bond donors (Lipinski definition) is 1. The van der Waals surface area contributed by atoms with Gasteiger partial charge in [0.05, 0.1) is 12.0 Å². The number of aromatic nitrogens is 2. The van der Waals surface area contributed by atoms with Crippen LogP contribution in [0.2, 0.25) is 5.02 Å². The van der Waals surface area contributed by atoms with E-state index in [1.807, 2.05) is 10.8 Å². The van der Waals surface area contributed by atoms with Crippen molar-refractivity contribution in [3.05, 3.63) is 41.9 Å². The minimum absolute atomic E-state index is 0.0960. The highest BCUT2D eigenvalue weighted by Gasteiger charge is 2.40. The number of nitrogens with one attached hydrogen (secondary N) is 1. The summed E-state index contributed by atoms with van der Waals surface area (Å²) in [7, 11) is 0. The fourth-order valence-electron chi connectivity index (χ4n) is 2.97. The van der Waals surface area contributed by atoms with Gasteiger partial charge in [0, 0.05) is 43.5 Å². The maximum Gasteiger partial charge on any atom is 0.270 e. The molecule has 8 heteroatoms. The van der Waals surface area contributed by atoms with Crippen molar-refractivity contribution in [1.29, 1.82) is 0 Å². The molecule has 0 saturated heterocycles. The van der Waals surface area contributed by atoms with Gasteiger partial charge in [-0.1, -0.05) is 11.6 Å². The minimum atomic E-state index is -0.984. The fourth-order valence-corrected chi connectivity index (χ4v) is 3.14. The molecule has 0 spiro atoms. The molecule has 0 bridgehead atoms. The van der Waals surface area contributed by atoms with Crippen LogP contribution in [0.1, 0.15) is 26.7 Å². The lowest BCUT2D eigenvalue weighted by Crippen LogP contribution is -2.53. The van der Waals surface area contributed by atoms with E-state index in [4.69, 9.17) is 16.3 Å². The Morgan fingerprint density at radius 1 is 1.33 bits per heavy atom. The number of hydrogen-bond acceptors (Lipinski definition) is 4. The highest BCUT2D eigenvalue weighted by atomic mass is 35.5. The van der Waals surface area contributed by atoms with Gasteiger partial charge in [-0.3, -0.25) is 9.59 Å². The average Bonchev–Trinajstić information content (AvgIpc) is 3.13. The maximum atomic E-state index is 12.7. The molecule has 2 amide bonds. The van der Waals surface area contributed by atoms with Crippen LogP contribution in [-0.2, 0) is 16.1 Å². The van der Waals surface area contributed by atoms with E-state index in [0.717, 1.165) is 13.0 Å². The molecule has 2 aromatic rings. The number of benzene rings is 1. The van der Waals surface area contributed by atoms with Gasteiger partial charge < -0.3 is 19.5 Å². The smallest absolute Gasteiger partial charge is 0.270 e. The number of carbonyl (C=O) groups is 2. The second-order valence-electron chi connectivity index (χ2n) is 6.94. The first-order valence-corrected chi connectivity index (χ1v) is 9.27. The van der Waals surface area contributed by atoms with Crippen LogP contribution in [-0.4, -0.2) is 40.1 Å². The van der Waals surface area contributed by atoms with Crippen LogP contribution in [0.5, 0.6) is 5.75 Å². The number of ether oxygens (including phenoxy) is 1. The van der Waals surface area contributed by atoms with Crippen LogP contribution in [0.25, 0.3) is 0 Å². The predicted octanol–water partition coefficient (Wildman–Crippen LogP) is 2.64.